The van der Waals surface area contributed by atoms with Crippen LogP contribution in [0.15, 0.2) is 0 Å². The van der Waals surface area contributed by atoms with E-state index < -0.39 is 0 Å². The molecule has 64 valence electrons. The van der Waals surface area contributed by atoms with E-state index in [0.717, 1.165) is 26.2 Å². The molecule has 0 aromatic heterocycles. The monoisotopic (exact) mass is 158 g/mol. The van der Waals surface area contributed by atoms with Gasteiger partial charge in [0.1, 0.15) is 0 Å². The molecule has 0 N–H and O–H groups in total. The van der Waals surface area contributed by atoms with E-state index in [1.54, 1.807) is 0 Å². The normalized spacial score (nSPS) is 40.1. The predicted molar refractivity (Wildman–Crippen MR) is 39.2 cm³/mol. The second-order valence-electron chi connectivity index (χ2n) is 3.25. The molecule has 2 unspecified atom stereocenters. The van der Waals surface area contributed by atoms with Gasteiger partial charge in [0.05, 0.1) is 25.9 Å². The van der Waals surface area contributed by atoms with Crippen LogP contribution in [0.25, 0.3) is 0 Å². The van der Waals surface area contributed by atoms with Crippen LogP contribution in [0, 0.1) is 5.92 Å². The van der Waals surface area contributed by atoms with E-state index in [1.165, 1.54) is 0 Å². The molecule has 3 heteroatoms. The van der Waals surface area contributed by atoms with Crippen molar-refractivity contribution in [1.29, 1.82) is 0 Å². The smallest absolute Gasteiger partial charge is 0.162 e. The van der Waals surface area contributed by atoms with Crippen LogP contribution in [0.1, 0.15) is 13.3 Å². The summed E-state index contributed by atoms with van der Waals surface area (Å²) in [6, 6.07) is 0. The Morgan fingerprint density at radius 2 is 1.82 bits per heavy atom. The number of rotatable bonds is 1. The molecule has 0 bridgehead atoms. The minimum absolute atomic E-state index is 0.0138. The van der Waals surface area contributed by atoms with Crippen molar-refractivity contribution in [3.8, 4) is 0 Å². The largest absolute Gasteiger partial charge is 0.378 e. The first-order valence-corrected chi connectivity index (χ1v) is 4.21. The molecule has 2 aliphatic rings. The Bertz CT molecular complexity index is 131. The molecule has 2 rings (SSSR count). The summed E-state index contributed by atoms with van der Waals surface area (Å²) in [6.07, 6.45) is 1.47. The van der Waals surface area contributed by atoms with Crippen molar-refractivity contribution in [2.75, 3.05) is 19.8 Å². The van der Waals surface area contributed by atoms with Crippen LogP contribution in [-0.2, 0) is 14.2 Å². The van der Waals surface area contributed by atoms with E-state index >= 15 is 0 Å². The van der Waals surface area contributed by atoms with Crippen LogP contribution in [0.4, 0.5) is 0 Å². The van der Waals surface area contributed by atoms with Gasteiger partial charge in [-0.05, 0) is 13.3 Å². The van der Waals surface area contributed by atoms with Crippen LogP contribution in [-0.4, -0.2) is 32.2 Å². The maximum absolute atomic E-state index is 5.42. The lowest BCUT2D eigenvalue weighted by atomic mass is 10.1. The molecule has 3 nitrogen and oxygen atoms in total. The fourth-order valence-corrected chi connectivity index (χ4v) is 1.69. The standard InChI is InChI=1S/C8H14O3/c1-6-4-7(5-11-6)8-9-2-3-10-8/h6-8H,2-5H2,1H3. The Hall–Kier alpha value is -0.120. The van der Waals surface area contributed by atoms with Crippen LogP contribution in [0.2, 0.25) is 0 Å². The highest BCUT2D eigenvalue weighted by Crippen LogP contribution is 2.26. The van der Waals surface area contributed by atoms with Gasteiger partial charge in [-0.2, -0.15) is 0 Å². The quantitative estimate of drug-likeness (QED) is 0.564. The topological polar surface area (TPSA) is 27.7 Å². The fraction of sp³-hybridized carbons (Fsp3) is 1.00. The van der Waals surface area contributed by atoms with Gasteiger partial charge in [-0.15, -0.1) is 0 Å². The lowest BCUT2D eigenvalue weighted by Gasteiger charge is -2.14. The average molecular weight is 158 g/mol. The Morgan fingerprint density at radius 3 is 2.36 bits per heavy atom. The van der Waals surface area contributed by atoms with E-state index in [0.29, 0.717) is 12.0 Å². The van der Waals surface area contributed by atoms with Crippen LogP contribution in [0.5, 0.6) is 0 Å². The Balaban J connectivity index is 1.85. The summed E-state index contributed by atoms with van der Waals surface area (Å²) >= 11 is 0. The van der Waals surface area contributed by atoms with Crippen molar-refractivity contribution >= 4 is 0 Å². The second kappa shape index (κ2) is 3.09. The molecule has 0 aliphatic carbocycles. The van der Waals surface area contributed by atoms with Crippen LogP contribution in [0.3, 0.4) is 0 Å². The molecule has 0 aromatic rings. The molecule has 2 fully saturated rings. The number of ether oxygens (including phenoxy) is 3. The Kier molecular flexibility index (Phi) is 2.11. The zero-order valence-electron chi connectivity index (χ0n) is 6.79. The first-order valence-electron chi connectivity index (χ1n) is 4.21. The minimum Gasteiger partial charge on any atom is -0.378 e. The van der Waals surface area contributed by atoms with Gasteiger partial charge in [-0.3, -0.25) is 0 Å². The van der Waals surface area contributed by atoms with E-state index in [9.17, 15) is 0 Å². The summed E-state index contributed by atoms with van der Waals surface area (Å²) in [5.74, 6) is 0.465. The summed E-state index contributed by atoms with van der Waals surface area (Å²) in [7, 11) is 0. The second-order valence-corrected chi connectivity index (χ2v) is 3.25. The number of hydrogen-bond acceptors (Lipinski definition) is 3. The van der Waals surface area contributed by atoms with Crippen LogP contribution < -0.4 is 0 Å². The maximum atomic E-state index is 5.42. The van der Waals surface area contributed by atoms with Gasteiger partial charge in [-0.1, -0.05) is 0 Å². The van der Waals surface area contributed by atoms with Crippen LogP contribution >= 0.6 is 0 Å². The first kappa shape index (κ1) is 7.53. The maximum Gasteiger partial charge on any atom is 0.162 e. The summed E-state index contributed by atoms with van der Waals surface area (Å²) in [4.78, 5) is 0. The third-order valence-corrected chi connectivity index (χ3v) is 2.26. The molecule has 0 spiro atoms. The summed E-state index contributed by atoms with van der Waals surface area (Å²) in [6.45, 7) is 4.38. The van der Waals surface area contributed by atoms with Gasteiger partial charge in [0.15, 0.2) is 6.29 Å². The molecule has 0 amide bonds. The summed E-state index contributed by atoms with van der Waals surface area (Å²) in [5.41, 5.74) is 0. The molecule has 2 heterocycles. The van der Waals surface area contributed by atoms with E-state index in [-0.39, 0.29) is 6.29 Å². The van der Waals surface area contributed by atoms with Gasteiger partial charge < -0.3 is 14.2 Å². The molecule has 0 radical (unpaired) electrons. The molecule has 2 saturated heterocycles. The predicted octanol–water partition coefficient (Wildman–Crippen LogP) is 0.784. The van der Waals surface area contributed by atoms with Gasteiger partial charge in [0.25, 0.3) is 0 Å². The van der Waals surface area contributed by atoms with Crippen molar-refractivity contribution in [3.05, 3.63) is 0 Å². The molecular weight excluding hydrogens is 144 g/mol. The molecule has 2 aliphatic heterocycles. The molecule has 2 atom stereocenters. The zero-order valence-corrected chi connectivity index (χ0v) is 6.79. The SMILES string of the molecule is CC1CC(C2OCCO2)CO1. The van der Waals surface area contributed by atoms with Crippen molar-refractivity contribution in [2.24, 2.45) is 5.92 Å². The van der Waals surface area contributed by atoms with E-state index in [4.69, 9.17) is 14.2 Å². The van der Waals surface area contributed by atoms with Gasteiger partial charge in [-0.25, -0.2) is 0 Å². The summed E-state index contributed by atoms with van der Waals surface area (Å²) < 4.78 is 16.2. The third kappa shape index (κ3) is 1.55. The zero-order chi connectivity index (χ0) is 7.68. The highest BCUT2D eigenvalue weighted by Gasteiger charge is 2.32. The van der Waals surface area contributed by atoms with Crippen molar-refractivity contribution in [1.82, 2.24) is 0 Å². The average Bonchev–Trinajstić information content (AvgIpc) is 2.55. The van der Waals surface area contributed by atoms with Crippen molar-refractivity contribution < 1.29 is 14.2 Å². The van der Waals surface area contributed by atoms with Crippen molar-refractivity contribution in [2.45, 2.75) is 25.7 Å². The van der Waals surface area contributed by atoms with Gasteiger partial charge >= 0.3 is 0 Å². The van der Waals surface area contributed by atoms with E-state index in [2.05, 4.69) is 6.92 Å². The Labute approximate surface area is 66.6 Å². The molecule has 0 saturated carbocycles. The molecule has 0 aromatic carbocycles. The minimum atomic E-state index is 0.0138. The molecular formula is C8H14O3. The fourth-order valence-electron chi connectivity index (χ4n) is 1.69. The lowest BCUT2D eigenvalue weighted by molar-refractivity contribution is -0.0836. The third-order valence-electron chi connectivity index (χ3n) is 2.26. The van der Waals surface area contributed by atoms with Gasteiger partial charge in [0.2, 0.25) is 0 Å². The highest BCUT2D eigenvalue weighted by molar-refractivity contribution is 4.74. The van der Waals surface area contributed by atoms with E-state index in [1.807, 2.05) is 0 Å². The van der Waals surface area contributed by atoms with Crippen molar-refractivity contribution in [3.63, 3.8) is 0 Å². The Morgan fingerprint density at radius 1 is 1.09 bits per heavy atom. The number of hydrogen-bond donors (Lipinski definition) is 0. The first-order chi connectivity index (χ1) is 5.36. The lowest BCUT2D eigenvalue weighted by Crippen LogP contribution is -2.21. The highest BCUT2D eigenvalue weighted by atomic mass is 16.7. The molecule has 11 heavy (non-hydrogen) atoms. The summed E-state index contributed by atoms with van der Waals surface area (Å²) in [5, 5.41) is 0. The van der Waals surface area contributed by atoms with Gasteiger partial charge in [0, 0.05) is 5.92 Å².